The van der Waals surface area contributed by atoms with Crippen molar-refractivity contribution in [2.75, 3.05) is 37.7 Å². The fourth-order valence-corrected chi connectivity index (χ4v) is 7.88. The number of piperazine rings is 1. The fourth-order valence-electron chi connectivity index (χ4n) is 7.88. The fraction of sp³-hybridized carbons (Fsp3) is 0.424. The second-order valence-electron chi connectivity index (χ2n) is 12.5. The SMILES string of the molecule is [CH2-]C1CN2CCCC2(COc2nc(N3CC4CCC(C3)N4)c3cnc(-c4cc(O)cc5cccc(F)c45)c(F)c3n2)C1.[CH3-].[U+2]. The van der Waals surface area contributed by atoms with Crippen LogP contribution >= 0.6 is 0 Å². The van der Waals surface area contributed by atoms with E-state index < -0.39 is 11.6 Å². The Bertz CT molecular complexity index is 1710. The van der Waals surface area contributed by atoms with Gasteiger partial charge in [0.2, 0.25) is 0 Å². The number of phenols is 1. The molecule has 11 heteroatoms. The van der Waals surface area contributed by atoms with Gasteiger partial charge >= 0.3 is 37.1 Å². The quantitative estimate of drug-likeness (QED) is 0.263. The van der Waals surface area contributed by atoms with Crippen molar-refractivity contribution < 1.29 is 49.7 Å². The van der Waals surface area contributed by atoms with Crippen LogP contribution in [0.3, 0.4) is 0 Å². The zero-order valence-corrected chi connectivity index (χ0v) is 29.0. The molecule has 8 rings (SSSR count). The van der Waals surface area contributed by atoms with Crippen LogP contribution in [-0.2, 0) is 0 Å². The Labute approximate surface area is 280 Å². The third-order valence-electron chi connectivity index (χ3n) is 9.68. The first kappa shape index (κ1) is 31.4. The Morgan fingerprint density at radius 1 is 1.11 bits per heavy atom. The van der Waals surface area contributed by atoms with Crippen LogP contribution in [0.15, 0.2) is 36.5 Å². The maximum Gasteiger partial charge on any atom is 2.00 e. The molecule has 0 spiro atoms. The minimum Gasteiger partial charge on any atom is -0.508 e. The molecule has 4 unspecified atom stereocenters. The molecule has 4 aliphatic heterocycles. The molecule has 4 saturated heterocycles. The normalized spacial score (nSPS) is 26.1. The maximum atomic E-state index is 16.6. The van der Waals surface area contributed by atoms with Crippen molar-refractivity contribution in [3.8, 4) is 23.0 Å². The zero-order valence-electron chi connectivity index (χ0n) is 24.8. The number of aromatic nitrogens is 3. The van der Waals surface area contributed by atoms with E-state index in [0.29, 0.717) is 41.2 Å². The number of nitrogens with zero attached hydrogens (tertiary/aromatic N) is 5. The van der Waals surface area contributed by atoms with Crippen molar-refractivity contribution in [2.45, 2.75) is 49.7 Å². The number of halogens is 2. The Hall–Kier alpha value is -2.58. The molecule has 2 aromatic heterocycles. The minimum atomic E-state index is -0.700. The van der Waals surface area contributed by atoms with Crippen LogP contribution in [0.2, 0.25) is 0 Å². The van der Waals surface area contributed by atoms with Gasteiger partial charge in [0, 0.05) is 42.3 Å². The third kappa shape index (κ3) is 5.24. The van der Waals surface area contributed by atoms with Crippen molar-refractivity contribution in [1.82, 2.24) is 25.2 Å². The molecule has 0 saturated carbocycles. The van der Waals surface area contributed by atoms with Gasteiger partial charge in [0.15, 0.2) is 5.82 Å². The summed E-state index contributed by atoms with van der Waals surface area (Å²) in [6.45, 7) is 8.19. The van der Waals surface area contributed by atoms with Crippen molar-refractivity contribution in [3.05, 3.63) is 62.5 Å². The summed E-state index contributed by atoms with van der Waals surface area (Å²) >= 11 is 0. The van der Waals surface area contributed by atoms with Gasteiger partial charge in [-0.3, -0.25) is 9.88 Å². The molecule has 0 aliphatic carbocycles. The van der Waals surface area contributed by atoms with Gasteiger partial charge in [0.25, 0.3) is 0 Å². The first-order chi connectivity index (χ1) is 20.4. The first-order valence-corrected chi connectivity index (χ1v) is 14.9. The molecule has 2 N–H and O–H groups in total. The molecule has 4 fully saturated rings. The van der Waals surface area contributed by atoms with Crippen LogP contribution in [0.4, 0.5) is 14.6 Å². The van der Waals surface area contributed by atoms with Crippen molar-refractivity contribution >= 4 is 27.5 Å². The number of ether oxygens (including phenoxy) is 1. The van der Waals surface area contributed by atoms with Gasteiger partial charge in [-0.1, -0.05) is 18.6 Å². The number of rotatable bonds is 5. The predicted octanol–water partition coefficient (Wildman–Crippen LogP) is 5.29. The van der Waals surface area contributed by atoms with Crippen molar-refractivity contribution in [3.63, 3.8) is 0 Å². The number of hydrogen-bond donors (Lipinski definition) is 2. The Morgan fingerprint density at radius 2 is 1.91 bits per heavy atom. The molecule has 4 aromatic rings. The summed E-state index contributed by atoms with van der Waals surface area (Å²) in [5.41, 5.74) is 0.0545. The number of nitrogens with one attached hydrogen (secondary N) is 1. The van der Waals surface area contributed by atoms with Crippen LogP contribution < -0.4 is 15.0 Å². The van der Waals surface area contributed by atoms with Gasteiger partial charge in [-0.05, 0) is 62.4 Å². The minimum absolute atomic E-state index is 0. The van der Waals surface area contributed by atoms with Crippen LogP contribution in [0.1, 0.15) is 32.1 Å². The average molecular weight is 825 g/mol. The van der Waals surface area contributed by atoms with E-state index in [-0.39, 0.29) is 78.0 Å². The van der Waals surface area contributed by atoms with E-state index in [9.17, 15) is 5.11 Å². The molecule has 4 aliphatic rings. The van der Waals surface area contributed by atoms with E-state index in [1.807, 2.05) is 0 Å². The topological polar surface area (TPSA) is 86.6 Å². The number of anilines is 1. The van der Waals surface area contributed by atoms with Crippen LogP contribution in [-0.4, -0.2) is 75.4 Å². The van der Waals surface area contributed by atoms with Crippen molar-refractivity contribution in [1.29, 1.82) is 0 Å². The monoisotopic (exact) mass is 824 g/mol. The zero-order chi connectivity index (χ0) is 28.6. The summed E-state index contributed by atoms with van der Waals surface area (Å²) < 4.78 is 38.0. The number of benzene rings is 2. The van der Waals surface area contributed by atoms with E-state index in [2.05, 4.69) is 32.0 Å². The number of phenolic OH excluding ortho intramolecular Hbond substituents is 1. The maximum absolute atomic E-state index is 16.6. The predicted molar refractivity (Wildman–Crippen MR) is 163 cm³/mol. The summed E-state index contributed by atoms with van der Waals surface area (Å²) in [7, 11) is 0. The summed E-state index contributed by atoms with van der Waals surface area (Å²) in [6.07, 6.45) is 6.83. The van der Waals surface area contributed by atoms with Gasteiger partial charge in [-0.15, -0.1) is 0 Å². The molecule has 6 heterocycles. The van der Waals surface area contributed by atoms with Gasteiger partial charge in [-0.25, -0.2) is 8.78 Å². The van der Waals surface area contributed by atoms with E-state index in [1.165, 1.54) is 18.2 Å². The Morgan fingerprint density at radius 3 is 2.70 bits per heavy atom. The van der Waals surface area contributed by atoms with Crippen LogP contribution in [0.25, 0.3) is 32.9 Å². The van der Waals surface area contributed by atoms with Gasteiger partial charge in [-0.2, -0.15) is 15.9 Å². The molecular weight excluding hydrogens is 788 g/mol. The van der Waals surface area contributed by atoms with E-state index >= 15 is 8.78 Å². The Kier molecular flexibility index (Phi) is 8.55. The molecule has 0 amide bonds. The first-order valence-electron chi connectivity index (χ1n) is 14.9. The molecule has 4 atom stereocenters. The van der Waals surface area contributed by atoms with Gasteiger partial charge < -0.3 is 34.4 Å². The average Bonchev–Trinajstić information content (AvgIpc) is 3.61. The molecule has 2 aromatic carbocycles. The van der Waals surface area contributed by atoms with E-state index in [1.54, 1.807) is 18.3 Å². The number of fused-ring (bicyclic) bond motifs is 5. The summed E-state index contributed by atoms with van der Waals surface area (Å²) in [5, 5.41) is 15.2. The molecule has 8 nitrogen and oxygen atoms in total. The third-order valence-corrected chi connectivity index (χ3v) is 9.68. The summed E-state index contributed by atoms with van der Waals surface area (Å²) in [6, 6.07) is 8.16. The number of pyridine rings is 1. The van der Waals surface area contributed by atoms with E-state index in [4.69, 9.17) is 9.72 Å². The van der Waals surface area contributed by atoms with Crippen LogP contribution in [0, 0.1) is 63.0 Å². The second-order valence-corrected chi connectivity index (χ2v) is 12.5. The summed E-state index contributed by atoms with van der Waals surface area (Å²) in [5.74, 6) is -0.377. The molecular formula is C33H36F2N6O2U. The molecule has 0 radical (unpaired) electrons. The molecule has 2 bridgehead atoms. The Balaban J connectivity index is 0.00000171. The summed E-state index contributed by atoms with van der Waals surface area (Å²) in [4.78, 5) is 18.6. The van der Waals surface area contributed by atoms with Crippen LogP contribution in [0.5, 0.6) is 11.8 Å². The standard InChI is InChI=1S/C32H33F2N6O2.CH3.U/c1-18-12-32(8-3-9-40(32)14-18)17-42-31-37-29-24(30(38-31)39-15-20-6-7-21(16-39)36-20)13-35-28(27(29)34)23-11-22(41)10-19-4-2-5-25(33)26(19)23;;/h2,4-5,10-11,13,18,20-21,36,41H,1,3,6-9,12,14-17H2;1H3;/q2*-1;+2. The number of hydrogen-bond acceptors (Lipinski definition) is 8. The molecule has 228 valence electrons. The number of aromatic hydroxyl groups is 1. The van der Waals surface area contributed by atoms with Crippen molar-refractivity contribution in [2.24, 2.45) is 5.92 Å². The molecule has 44 heavy (non-hydrogen) atoms. The van der Waals surface area contributed by atoms with Gasteiger partial charge in [0.1, 0.15) is 35.2 Å². The second kappa shape index (κ2) is 12.0. The largest absolute Gasteiger partial charge is 2.00 e. The van der Waals surface area contributed by atoms with Gasteiger partial charge in [0.05, 0.1) is 10.9 Å². The smallest absolute Gasteiger partial charge is 0.508 e. The van der Waals surface area contributed by atoms with E-state index in [0.717, 1.165) is 58.3 Å².